The number of amides is 1. The van der Waals surface area contributed by atoms with Gasteiger partial charge >= 0.3 is 5.97 Å². The van der Waals surface area contributed by atoms with Crippen molar-refractivity contribution in [3.05, 3.63) is 22.4 Å². The van der Waals surface area contributed by atoms with E-state index in [2.05, 4.69) is 4.74 Å². The van der Waals surface area contributed by atoms with E-state index in [-0.39, 0.29) is 5.91 Å². The van der Waals surface area contributed by atoms with Crippen LogP contribution in [0.3, 0.4) is 0 Å². The van der Waals surface area contributed by atoms with Crippen molar-refractivity contribution in [1.29, 1.82) is 0 Å². The highest BCUT2D eigenvalue weighted by molar-refractivity contribution is 7.09. The van der Waals surface area contributed by atoms with Crippen LogP contribution in [0.4, 0.5) is 0 Å². The van der Waals surface area contributed by atoms with Crippen LogP contribution in [0.15, 0.2) is 17.5 Å². The molecule has 0 aliphatic heterocycles. The largest absolute Gasteiger partial charge is 0.468 e. The molecular formula is C12H17NO3S. The minimum atomic E-state index is -1.14. The zero-order valence-electron chi connectivity index (χ0n) is 10.5. The molecule has 0 spiro atoms. The van der Waals surface area contributed by atoms with E-state index >= 15 is 0 Å². The summed E-state index contributed by atoms with van der Waals surface area (Å²) in [7, 11) is 2.98. The molecule has 17 heavy (non-hydrogen) atoms. The van der Waals surface area contributed by atoms with Crippen LogP contribution in [0.5, 0.6) is 0 Å². The molecule has 1 heterocycles. The Kier molecular flexibility index (Phi) is 4.28. The zero-order chi connectivity index (χ0) is 13.1. The maximum absolute atomic E-state index is 12.1. The summed E-state index contributed by atoms with van der Waals surface area (Å²) in [5.74, 6) is -0.752. The third kappa shape index (κ3) is 3.06. The Morgan fingerprint density at radius 3 is 2.59 bits per heavy atom. The SMILES string of the molecule is COC(=O)C(C)(C)C(=O)N(C)Cc1cccs1. The van der Waals surface area contributed by atoms with Crippen LogP contribution >= 0.6 is 11.3 Å². The molecule has 0 saturated heterocycles. The predicted octanol–water partition coefficient (Wildman–Crippen LogP) is 1.91. The number of ether oxygens (including phenoxy) is 1. The van der Waals surface area contributed by atoms with Crippen molar-refractivity contribution >= 4 is 23.2 Å². The average molecular weight is 255 g/mol. The molecule has 1 amide bonds. The van der Waals surface area contributed by atoms with Gasteiger partial charge in [-0.05, 0) is 25.3 Å². The van der Waals surface area contributed by atoms with Crippen molar-refractivity contribution in [3.8, 4) is 0 Å². The molecule has 1 aromatic heterocycles. The molecule has 0 atom stereocenters. The molecule has 0 saturated carbocycles. The Bertz CT molecular complexity index is 398. The number of hydrogen-bond acceptors (Lipinski definition) is 4. The standard InChI is InChI=1S/C12H17NO3S/c1-12(2,11(15)16-4)10(14)13(3)8-9-6-5-7-17-9/h5-7H,8H2,1-4H3. The summed E-state index contributed by atoms with van der Waals surface area (Å²) >= 11 is 1.58. The maximum atomic E-state index is 12.1. The number of thiophene rings is 1. The molecule has 4 nitrogen and oxygen atoms in total. The van der Waals surface area contributed by atoms with E-state index in [9.17, 15) is 9.59 Å². The highest BCUT2D eigenvalue weighted by atomic mass is 32.1. The lowest BCUT2D eigenvalue weighted by Crippen LogP contribution is -2.43. The molecule has 0 fully saturated rings. The molecule has 0 aromatic carbocycles. The summed E-state index contributed by atoms with van der Waals surface area (Å²) in [6.07, 6.45) is 0. The van der Waals surface area contributed by atoms with Gasteiger partial charge in [0.05, 0.1) is 13.7 Å². The Hall–Kier alpha value is -1.36. The van der Waals surface area contributed by atoms with Gasteiger partial charge in [-0.25, -0.2) is 0 Å². The minimum absolute atomic E-state index is 0.238. The third-order valence-corrected chi connectivity index (χ3v) is 3.41. The predicted molar refractivity (Wildman–Crippen MR) is 66.6 cm³/mol. The van der Waals surface area contributed by atoms with E-state index in [1.807, 2.05) is 17.5 Å². The fourth-order valence-electron chi connectivity index (χ4n) is 1.53. The van der Waals surface area contributed by atoms with Gasteiger partial charge in [-0.3, -0.25) is 9.59 Å². The van der Waals surface area contributed by atoms with E-state index in [1.54, 1.807) is 37.1 Å². The van der Waals surface area contributed by atoms with Gasteiger partial charge in [0.25, 0.3) is 0 Å². The molecule has 0 bridgehead atoms. The van der Waals surface area contributed by atoms with E-state index in [0.717, 1.165) is 4.88 Å². The second-order valence-electron chi connectivity index (χ2n) is 4.36. The lowest BCUT2D eigenvalue weighted by Gasteiger charge is -2.26. The van der Waals surface area contributed by atoms with Crippen LogP contribution in [0.25, 0.3) is 0 Å². The first-order chi connectivity index (χ1) is 7.89. The van der Waals surface area contributed by atoms with Crippen LogP contribution in [0.1, 0.15) is 18.7 Å². The molecule has 0 unspecified atom stereocenters. The van der Waals surface area contributed by atoms with Crippen molar-refractivity contribution in [3.63, 3.8) is 0 Å². The highest BCUT2D eigenvalue weighted by Gasteiger charge is 2.39. The maximum Gasteiger partial charge on any atom is 0.320 e. The van der Waals surface area contributed by atoms with E-state index in [1.165, 1.54) is 7.11 Å². The number of carbonyl (C=O) groups is 2. The van der Waals surface area contributed by atoms with Crippen LogP contribution in [0, 0.1) is 5.41 Å². The molecular weight excluding hydrogens is 238 g/mol. The summed E-state index contributed by atoms with van der Waals surface area (Å²) in [6.45, 7) is 3.66. The molecule has 0 aliphatic rings. The van der Waals surface area contributed by atoms with E-state index in [0.29, 0.717) is 6.54 Å². The normalized spacial score (nSPS) is 11.1. The Morgan fingerprint density at radius 1 is 1.47 bits per heavy atom. The third-order valence-electron chi connectivity index (χ3n) is 2.55. The second-order valence-corrected chi connectivity index (χ2v) is 5.39. The number of nitrogens with zero attached hydrogens (tertiary/aromatic N) is 1. The zero-order valence-corrected chi connectivity index (χ0v) is 11.3. The summed E-state index contributed by atoms with van der Waals surface area (Å²) < 4.78 is 4.64. The van der Waals surface area contributed by atoms with Gasteiger partial charge in [0, 0.05) is 11.9 Å². The first-order valence-corrected chi connectivity index (χ1v) is 6.14. The molecule has 0 radical (unpaired) electrons. The highest BCUT2D eigenvalue weighted by Crippen LogP contribution is 2.22. The molecule has 0 N–H and O–H groups in total. The minimum Gasteiger partial charge on any atom is -0.468 e. The quantitative estimate of drug-likeness (QED) is 0.610. The summed E-state index contributed by atoms with van der Waals surface area (Å²) in [4.78, 5) is 26.3. The van der Waals surface area contributed by atoms with Gasteiger partial charge in [-0.1, -0.05) is 6.07 Å². The number of hydrogen-bond donors (Lipinski definition) is 0. The first kappa shape index (κ1) is 13.7. The van der Waals surface area contributed by atoms with Crippen molar-refractivity contribution in [2.45, 2.75) is 20.4 Å². The fraction of sp³-hybridized carbons (Fsp3) is 0.500. The summed E-state index contributed by atoms with van der Waals surface area (Å²) in [5, 5.41) is 1.96. The van der Waals surface area contributed by atoms with Gasteiger partial charge in [0.1, 0.15) is 5.41 Å². The van der Waals surface area contributed by atoms with Gasteiger partial charge in [-0.2, -0.15) is 0 Å². The number of methoxy groups -OCH3 is 1. The van der Waals surface area contributed by atoms with Gasteiger partial charge in [0.15, 0.2) is 0 Å². The molecule has 1 rings (SSSR count). The van der Waals surface area contributed by atoms with Crippen LogP contribution in [-0.2, 0) is 20.9 Å². The van der Waals surface area contributed by atoms with Crippen molar-refractivity contribution < 1.29 is 14.3 Å². The van der Waals surface area contributed by atoms with Crippen molar-refractivity contribution in [1.82, 2.24) is 4.90 Å². The monoisotopic (exact) mass is 255 g/mol. The van der Waals surface area contributed by atoms with Crippen LogP contribution < -0.4 is 0 Å². The van der Waals surface area contributed by atoms with Crippen molar-refractivity contribution in [2.24, 2.45) is 5.41 Å². The van der Waals surface area contributed by atoms with E-state index < -0.39 is 11.4 Å². The Labute approximate surface area is 105 Å². The molecule has 5 heteroatoms. The van der Waals surface area contributed by atoms with Crippen LogP contribution in [0.2, 0.25) is 0 Å². The number of carbonyl (C=O) groups excluding carboxylic acids is 2. The topological polar surface area (TPSA) is 46.6 Å². The smallest absolute Gasteiger partial charge is 0.320 e. The van der Waals surface area contributed by atoms with Gasteiger partial charge in [0.2, 0.25) is 5.91 Å². The number of esters is 1. The Balaban J connectivity index is 2.72. The lowest BCUT2D eigenvalue weighted by atomic mass is 9.92. The molecule has 1 aromatic rings. The first-order valence-electron chi connectivity index (χ1n) is 5.26. The second kappa shape index (κ2) is 5.31. The number of rotatable bonds is 4. The molecule has 94 valence electrons. The van der Waals surface area contributed by atoms with Crippen molar-refractivity contribution in [2.75, 3.05) is 14.2 Å². The summed E-state index contributed by atoms with van der Waals surface area (Å²) in [5.41, 5.74) is -1.14. The van der Waals surface area contributed by atoms with Gasteiger partial charge in [-0.15, -0.1) is 11.3 Å². The lowest BCUT2D eigenvalue weighted by molar-refractivity contribution is -0.160. The van der Waals surface area contributed by atoms with Crippen LogP contribution in [-0.4, -0.2) is 30.9 Å². The Morgan fingerprint density at radius 2 is 2.12 bits per heavy atom. The van der Waals surface area contributed by atoms with Gasteiger partial charge < -0.3 is 9.64 Å². The molecule has 0 aliphatic carbocycles. The van der Waals surface area contributed by atoms with E-state index in [4.69, 9.17) is 0 Å². The summed E-state index contributed by atoms with van der Waals surface area (Å²) in [6, 6.07) is 3.89. The average Bonchev–Trinajstić information content (AvgIpc) is 2.79. The fourth-order valence-corrected chi connectivity index (χ4v) is 2.28.